The zero-order valence-corrected chi connectivity index (χ0v) is 20.3. The predicted molar refractivity (Wildman–Crippen MR) is 136 cm³/mol. The fourth-order valence-electron chi connectivity index (χ4n) is 4.35. The molecule has 1 aliphatic rings. The van der Waals surface area contributed by atoms with Gasteiger partial charge in [-0.2, -0.15) is 0 Å². The van der Waals surface area contributed by atoms with Crippen LogP contribution in [0.4, 0.5) is 0 Å². The Hall–Kier alpha value is -3.11. The van der Waals surface area contributed by atoms with Gasteiger partial charge in [-0.05, 0) is 46.2 Å². The van der Waals surface area contributed by atoms with E-state index in [1.54, 1.807) is 0 Å². The minimum Gasteiger partial charge on any atom is -0.491 e. The van der Waals surface area contributed by atoms with Gasteiger partial charge >= 0.3 is 0 Å². The molecule has 34 heavy (non-hydrogen) atoms. The number of hydrogen-bond donors (Lipinski definition) is 0. The number of amides is 1. The molecule has 3 aromatic rings. The number of benzene rings is 3. The van der Waals surface area contributed by atoms with Gasteiger partial charge in [-0.15, -0.1) is 0 Å². The van der Waals surface area contributed by atoms with Crippen LogP contribution < -0.4 is 4.74 Å². The maximum atomic E-state index is 13.1. The van der Waals surface area contributed by atoms with E-state index in [2.05, 4.69) is 68.4 Å². The molecular weight excluding hydrogens is 422 g/mol. The number of aryl methyl sites for hydroxylation is 1. The minimum atomic E-state index is 0.160. The lowest BCUT2D eigenvalue weighted by Crippen LogP contribution is -2.34. The molecule has 0 unspecified atom stereocenters. The Kier molecular flexibility index (Phi) is 8.37. The van der Waals surface area contributed by atoms with Gasteiger partial charge in [0.15, 0.2) is 0 Å². The highest BCUT2D eigenvalue weighted by atomic mass is 16.5. The van der Waals surface area contributed by atoms with Crippen molar-refractivity contribution in [3.05, 3.63) is 101 Å². The fraction of sp³-hybridized carbons (Fsp3) is 0.367. The third-order valence-corrected chi connectivity index (χ3v) is 6.32. The second kappa shape index (κ2) is 11.8. The zero-order valence-electron chi connectivity index (χ0n) is 20.3. The van der Waals surface area contributed by atoms with Crippen LogP contribution in [-0.2, 0) is 28.9 Å². The summed E-state index contributed by atoms with van der Waals surface area (Å²) >= 11 is 0. The van der Waals surface area contributed by atoms with E-state index in [1.165, 1.54) is 22.3 Å². The molecule has 0 aromatic heterocycles. The van der Waals surface area contributed by atoms with Crippen molar-refractivity contribution < 1.29 is 14.3 Å². The van der Waals surface area contributed by atoms with Crippen LogP contribution in [0.5, 0.6) is 5.75 Å². The van der Waals surface area contributed by atoms with Gasteiger partial charge < -0.3 is 14.4 Å². The van der Waals surface area contributed by atoms with Crippen molar-refractivity contribution in [1.29, 1.82) is 0 Å². The van der Waals surface area contributed by atoms with Crippen molar-refractivity contribution in [2.75, 3.05) is 26.4 Å². The molecule has 0 atom stereocenters. The van der Waals surface area contributed by atoms with E-state index in [0.717, 1.165) is 24.2 Å². The molecule has 0 saturated heterocycles. The molecule has 2 bridgehead atoms. The van der Waals surface area contributed by atoms with E-state index in [1.807, 2.05) is 23.1 Å². The van der Waals surface area contributed by atoms with Crippen molar-refractivity contribution in [3.63, 3.8) is 0 Å². The maximum absolute atomic E-state index is 13.1. The molecule has 0 spiro atoms. The largest absolute Gasteiger partial charge is 0.491 e. The van der Waals surface area contributed by atoms with E-state index in [9.17, 15) is 4.79 Å². The average Bonchev–Trinajstić information content (AvgIpc) is 2.85. The van der Waals surface area contributed by atoms with Gasteiger partial charge in [0.25, 0.3) is 0 Å². The molecule has 4 rings (SSSR count). The molecule has 0 saturated carbocycles. The molecule has 178 valence electrons. The molecular formula is C30H35NO3. The lowest BCUT2D eigenvalue weighted by molar-refractivity contribution is -0.132. The summed E-state index contributed by atoms with van der Waals surface area (Å²) in [6.07, 6.45) is 2.05. The number of hydrogen-bond acceptors (Lipinski definition) is 3. The summed E-state index contributed by atoms with van der Waals surface area (Å²) < 4.78 is 11.9. The Labute approximate surface area is 203 Å². The molecule has 4 nitrogen and oxygen atoms in total. The summed E-state index contributed by atoms with van der Waals surface area (Å²) in [7, 11) is 0. The molecule has 0 aliphatic carbocycles. The quantitative estimate of drug-likeness (QED) is 0.499. The lowest BCUT2D eigenvalue weighted by Gasteiger charge is -2.24. The van der Waals surface area contributed by atoms with Crippen molar-refractivity contribution in [2.24, 2.45) is 0 Å². The third kappa shape index (κ3) is 6.71. The average molecular weight is 458 g/mol. The van der Waals surface area contributed by atoms with E-state index in [4.69, 9.17) is 9.47 Å². The zero-order chi connectivity index (χ0) is 23.8. The van der Waals surface area contributed by atoms with Gasteiger partial charge in [0.2, 0.25) is 5.91 Å². The molecule has 3 aromatic carbocycles. The van der Waals surface area contributed by atoms with Gasteiger partial charge in [0.05, 0.1) is 13.2 Å². The molecule has 1 amide bonds. The third-order valence-electron chi connectivity index (χ3n) is 6.32. The molecule has 0 radical (unpaired) electrons. The molecule has 0 N–H and O–H groups in total. The highest BCUT2D eigenvalue weighted by molar-refractivity contribution is 5.76. The first-order valence-corrected chi connectivity index (χ1v) is 12.3. The van der Waals surface area contributed by atoms with E-state index in [-0.39, 0.29) is 5.91 Å². The van der Waals surface area contributed by atoms with Crippen LogP contribution in [0.2, 0.25) is 0 Å². The maximum Gasteiger partial charge on any atom is 0.223 e. The first-order chi connectivity index (χ1) is 16.6. The van der Waals surface area contributed by atoms with Crippen LogP contribution in [0, 0.1) is 0 Å². The van der Waals surface area contributed by atoms with Crippen LogP contribution >= 0.6 is 0 Å². The van der Waals surface area contributed by atoms with Gasteiger partial charge in [-0.25, -0.2) is 0 Å². The summed E-state index contributed by atoms with van der Waals surface area (Å²) in [5.41, 5.74) is 6.06. The van der Waals surface area contributed by atoms with Crippen LogP contribution in [0.3, 0.4) is 0 Å². The van der Waals surface area contributed by atoms with Crippen LogP contribution in [0.25, 0.3) is 0 Å². The second-order valence-electron chi connectivity index (χ2n) is 9.28. The van der Waals surface area contributed by atoms with Gasteiger partial charge in [0.1, 0.15) is 12.4 Å². The van der Waals surface area contributed by atoms with Crippen LogP contribution in [-0.4, -0.2) is 37.2 Å². The minimum absolute atomic E-state index is 0.160. The topological polar surface area (TPSA) is 38.8 Å². The van der Waals surface area contributed by atoms with Crippen molar-refractivity contribution in [1.82, 2.24) is 4.90 Å². The SMILES string of the molecule is CC(C)c1ccc2c(c1)Cc1cccc(c1)CN(C(=O)CCc1ccccc1)CCOCCO2. The smallest absolute Gasteiger partial charge is 0.223 e. The summed E-state index contributed by atoms with van der Waals surface area (Å²) in [5.74, 6) is 1.55. The standard InChI is InChI=1S/C30H35NO3/c1-23(2)27-12-13-29-28(21-27)20-25-9-6-10-26(19-25)22-31(15-16-33-17-18-34-29)30(32)14-11-24-7-4-3-5-8-24/h3-10,12-13,19,21,23H,11,14-18,20,22H2,1-2H3. The summed E-state index contributed by atoms with van der Waals surface area (Å²) in [5, 5.41) is 0. The van der Waals surface area contributed by atoms with Gasteiger partial charge in [-0.1, -0.05) is 80.6 Å². The van der Waals surface area contributed by atoms with Gasteiger partial charge in [-0.3, -0.25) is 4.79 Å². The molecule has 1 heterocycles. The first-order valence-electron chi connectivity index (χ1n) is 12.3. The lowest BCUT2D eigenvalue weighted by atomic mass is 9.96. The van der Waals surface area contributed by atoms with Crippen molar-refractivity contribution in [3.8, 4) is 5.75 Å². The summed E-state index contributed by atoms with van der Waals surface area (Å²) in [6.45, 7) is 7.09. The van der Waals surface area contributed by atoms with Crippen LogP contribution in [0.15, 0.2) is 72.8 Å². The Morgan fingerprint density at radius 2 is 1.74 bits per heavy atom. The molecule has 4 heteroatoms. The van der Waals surface area contributed by atoms with E-state index < -0.39 is 0 Å². The number of carbonyl (C=O) groups excluding carboxylic acids is 1. The number of rotatable bonds is 4. The van der Waals surface area contributed by atoms with Crippen LogP contribution in [0.1, 0.15) is 54.0 Å². The Bertz CT molecular complexity index is 1080. The number of ether oxygens (including phenoxy) is 2. The highest BCUT2D eigenvalue weighted by Crippen LogP contribution is 2.27. The molecule has 0 fully saturated rings. The van der Waals surface area contributed by atoms with E-state index in [0.29, 0.717) is 45.2 Å². The summed E-state index contributed by atoms with van der Waals surface area (Å²) in [4.78, 5) is 15.0. The summed E-state index contributed by atoms with van der Waals surface area (Å²) in [6, 6.07) is 25.3. The van der Waals surface area contributed by atoms with E-state index >= 15 is 0 Å². The number of carbonyl (C=O) groups is 1. The highest BCUT2D eigenvalue weighted by Gasteiger charge is 2.16. The predicted octanol–water partition coefficient (Wildman–Crippen LogP) is 5.77. The normalized spacial score (nSPS) is 14.7. The Morgan fingerprint density at radius 1 is 0.912 bits per heavy atom. The van der Waals surface area contributed by atoms with Crippen molar-refractivity contribution in [2.45, 2.75) is 45.6 Å². The second-order valence-corrected chi connectivity index (χ2v) is 9.28. The number of fused-ring (bicyclic) bond motifs is 3. The molecule has 1 aliphatic heterocycles. The Morgan fingerprint density at radius 3 is 2.56 bits per heavy atom. The first kappa shape index (κ1) is 24.0. The van der Waals surface area contributed by atoms with Crippen molar-refractivity contribution >= 4 is 5.91 Å². The fourth-order valence-corrected chi connectivity index (χ4v) is 4.35. The Balaban J connectivity index is 1.53. The monoisotopic (exact) mass is 457 g/mol. The number of nitrogens with zero attached hydrogens (tertiary/aromatic N) is 1. The van der Waals surface area contributed by atoms with Gasteiger partial charge in [0, 0.05) is 25.9 Å².